The molecule has 1 heterocycles. The maximum Gasteiger partial charge on any atom is 0.309 e. The molecule has 5 nitrogen and oxygen atoms in total. The number of likely N-dealkylation sites (tertiary alicyclic amines) is 1. The van der Waals surface area contributed by atoms with Crippen LogP contribution in [-0.2, 0) is 9.53 Å². The predicted molar refractivity (Wildman–Crippen MR) is 97.1 cm³/mol. The summed E-state index contributed by atoms with van der Waals surface area (Å²) in [6.45, 7) is 9.51. The SMILES string of the molecule is CCOC(=O)C1CCN(C(=O)c2cc(C(C)C)c(OC)cc2C)CC1. The summed E-state index contributed by atoms with van der Waals surface area (Å²) in [6, 6.07) is 3.90. The molecule has 138 valence electrons. The van der Waals surface area contributed by atoms with Crippen molar-refractivity contribution in [3.05, 3.63) is 28.8 Å². The molecule has 0 saturated carbocycles. The van der Waals surface area contributed by atoms with E-state index >= 15 is 0 Å². The summed E-state index contributed by atoms with van der Waals surface area (Å²) >= 11 is 0. The molecule has 25 heavy (non-hydrogen) atoms. The Hall–Kier alpha value is -2.04. The highest BCUT2D eigenvalue weighted by atomic mass is 16.5. The molecule has 0 aromatic heterocycles. The third-order valence-corrected chi connectivity index (χ3v) is 4.83. The molecule has 0 N–H and O–H groups in total. The van der Waals surface area contributed by atoms with Crippen LogP contribution in [-0.4, -0.2) is 43.6 Å². The van der Waals surface area contributed by atoms with Crippen molar-refractivity contribution in [2.45, 2.75) is 46.5 Å². The molecule has 2 rings (SSSR count). The first kappa shape index (κ1) is 19.3. The Morgan fingerprint density at radius 1 is 1.24 bits per heavy atom. The van der Waals surface area contributed by atoms with Gasteiger partial charge in [0.25, 0.3) is 5.91 Å². The molecule has 1 aliphatic rings. The molecule has 1 fully saturated rings. The summed E-state index contributed by atoms with van der Waals surface area (Å²) in [6.07, 6.45) is 1.33. The van der Waals surface area contributed by atoms with Gasteiger partial charge >= 0.3 is 5.97 Å². The Labute approximate surface area is 150 Å². The van der Waals surface area contributed by atoms with Crippen LogP contribution in [0.25, 0.3) is 0 Å². The van der Waals surface area contributed by atoms with Crippen molar-refractivity contribution in [1.29, 1.82) is 0 Å². The van der Waals surface area contributed by atoms with Crippen LogP contribution in [0.4, 0.5) is 0 Å². The molecule has 1 aliphatic heterocycles. The number of hydrogen-bond acceptors (Lipinski definition) is 4. The summed E-state index contributed by atoms with van der Waals surface area (Å²) in [5.41, 5.74) is 2.68. The standard InChI is InChI=1S/C20H29NO4/c1-6-25-20(23)15-7-9-21(10-8-15)19(22)17-12-16(13(2)3)18(24-5)11-14(17)4/h11-13,15H,6-10H2,1-5H3. The molecule has 1 saturated heterocycles. The average Bonchev–Trinajstić information content (AvgIpc) is 2.60. The quantitative estimate of drug-likeness (QED) is 0.765. The number of rotatable bonds is 5. The van der Waals surface area contributed by atoms with Crippen LogP contribution in [0, 0.1) is 12.8 Å². The highest BCUT2D eigenvalue weighted by Gasteiger charge is 2.29. The molecule has 0 spiro atoms. The summed E-state index contributed by atoms with van der Waals surface area (Å²) in [4.78, 5) is 26.7. The van der Waals surface area contributed by atoms with E-state index in [1.54, 1.807) is 7.11 Å². The van der Waals surface area contributed by atoms with Gasteiger partial charge in [-0.05, 0) is 55.9 Å². The fraction of sp³-hybridized carbons (Fsp3) is 0.600. The molecule has 0 atom stereocenters. The molecule has 1 aromatic rings. The third-order valence-electron chi connectivity index (χ3n) is 4.83. The van der Waals surface area contributed by atoms with E-state index in [0.717, 1.165) is 22.4 Å². The zero-order valence-electron chi connectivity index (χ0n) is 15.9. The minimum absolute atomic E-state index is 0.0318. The molecular weight excluding hydrogens is 318 g/mol. The van der Waals surface area contributed by atoms with Crippen molar-refractivity contribution in [3.63, 3.8) is 0 Å². The van der Waals surface area contributed by atoms with Gasteiger partial charge in [0.1, 0.15) is 5.75 Å². The predicted octanol–water partition coefficient (Wildman–Crippen LogP) is 3.54. The van der Waals surface area contributed by atoms with E-state index in [1.165, 1.54) is 0 Å². The van der Waals surface area contributed by atoms with Gasteiger partial charge in [-0.1, -0.05) is 13.8 Å². The van der Waals surface area contributed by atoms with Crippen LogP contribution >= 0.6 is 0 Å². The second kappa shape index (κ2) is 8.37. The number of esters is 1. The Kier molecular flexibility index (Phi) is 6.45. The van der Waals surface area contributed by atoms with Gasteiger partial charge in [0.15, 0.2) is 0 Å². The van der Waals surface area contributed by atoms with Gasteiger partial charge in [-0.2, -0.15) is 0 Å². The van der Waals surface area contributed by atoms with E-state index in [1.807, 2.05) is 30.9 Å². The van der Waals surface area contributed by atoms with Crippen molar-refractivity contribution in [2.24, 2.45) is 5.92 Å². The first-order valence-electron chi connectivity index (χ1n) is 9.03. The van der Waals surface area contributed by atoms with Crippen LogP contribution < -0.4 is 4.74 Å². The van der Waals surface area contributed by atoms with Crippen LogP contribution in [0.15, 0.2) is 12.1 Å². The van der Waals surface area contributed by atoms with Gasteiger partial charge in [-0.25, -0.2) is 0 Å². The lowest BCUT2D eigenvalue weighted by atomic mass is 9.93. The van der Waals surface area contributed by atoms with Crippen LogP contribution in [0.5, 0.6) is 5.75 Å². The maximum absolute atomic E-state index is 13.0. The first-order valence-corrected chi connectivity index (χ1v) is 9.03. The Morgan fingerprint density at radius 3 is 2.40 bits per heavy atom. The van der Waals surface area contributed by atoms with E-state index in [0.29, 0.717) is 32.5 Å². The van der Waals surface area contributed by atoms with Gasteiger partial charge in [-0.3, -0.25) is 9.59 Å². The molecule has 1 amide bonds. The minimum atomic E-state index is -0.141. The molecule has 0 aliphatic carbocycles. The smallest absolute Gasteiger partial charge is 0.309 e. The summed E-state index contributed by atoms with van der Waals surface area (Å²) in [5, 5.41) is 0. The number of nitrogens with zero attached hydrogens (tertiary/aromatic N) is 1. The van der Waals surface area contributed by atoms with Crippen molar-refractivity contribution in [1.82, 2.24) is 4.90 Å². The Balaban J connectivity index is 2.14. The summed E-state index contributed by atoms with van der Waals surface area (Å²) < 4.78 is 10.5. The number of piperidine rings is 1. The molecule has 1 aromatic carbocycles. The second-order valence-electron chi connectivity index (χ2n) is 6.88. The zero-order chi connectivity index (χ0) is 18.6. The number of aryl methyl sites for hydroxylation is 1. The van der Waals surface area contributed by atoms with Crippen LogP contribution in [0.2, 0.25) is 0 Å². The maximum atomic E-state index is 13.0. The zero-order valence-corrected chi connectivity index (χ0v) is 15.9. The number of ether oxygens (including phenoxy) is 2. The Morgan fingerprint density at radius 2 is 1.88 bits per heavy atom. The van der Waals surface area contributed by atoms with Crippen molar-refractivity contribution < 1.29 is 19.1 Å². The molecule has 0 radical (unpaired) electrons. The molecular formula is C20H29NO4. The molecule has 0 bridgehead atoms. The topological polar surface area (TPSA) is 55.8 Å². The van der Waals surface area contributed by atoms with Gasteiger partial charge < -0.3 is 14.4 Å². The van der Waals surface area contributed by atoms with E-state index in [9.17, 15) is 9.59 Å². The van der Waals surface area contributed by atoms with Crippen molar-refractivity contribution in [3.8, 4) is 5.75 Å². The van der Waals surface area contributed by atoms with E-state index in [2.05, 4.69) is 13.8 Å². The van der Waals surface area contributed by atoms with E-state index in [4.69, 9.17) is 9.47 Å². The number of benzene rings is 1. The third kappa shape index (κ3) is 4.33. The summed E-state index contributed by atoms with van der Waals surface area (Å²) in [5.74, 6) is 0.899. The average molecular weight is 347 g/mol. The number of amides is 1. The number of hydrogen-bond donors (Lipinski definition) is 0. The lowest BCUT2D eigenvalue weighted by molar-refractivity contribution is -0.149. The van der Waals surface area contributed by atoms with Gasteiger partial charge in [-0.15, -0.1) is 0 Å². The van der Waals surface area contributed by atoms with Crippen molar-refractivity contribution >= 4 is 11.9 Å². The first-order chi connectivity index (χ1) is 11.9. The molecule has 5 heteroatoms. The second-order valence-corrected chi connectivity index (χ2v) is 6.88. The van der Waals surface area contributed by atoms with Crippen molar-refractivity contribution in [2.75, 3.05) is 26.8 Å². The fourth-order valence-electron chi connectivity index (χ4n) is 3.31. The lowest BCUT2D eigenvalue weighted by Crippen LogP contribution is -2.41. The fourth-order valence-corrected chi connectivity index (χ4v) is 3.31. The summed E-state index contributed by atoms with van der Waals surface area (Å²) in [7, 11) is 1.66. The monoisotopic (exact) mass is 347 g/mol. The highest BCUT2D eigenvalue weighted by Crippen LogP contribution is 2.31. The lowest BCUT2D eigenvalue weighted by Gasteiger charge is -2.31. The Bertz CT molecular complexity index is 631. The minimum Gasteiger partial charge on any atom is -0.496 e. The highest BCUT2D eigenvalue weighted by molar-refractivity contribution is 5.96. The van der Waals surface area contributed by atoms with Gasteiger partial charge in [0, 0.05) is 18.7 Å². The number of methoxy groups -OCH3 is 1. The van der Waals surface area contributed by atoms with Crippen LogP contribution in [0.3, 0.4) is 0 Å². The van der Waals surface area contributed by atoms with Gasteiger partial charge in [0.2, 0.25) is 0 Å². The number of carbonyl (C=O) groups is 2. The van der Waals surface area contributed by atoms with E-state index < -0.39 is 0 Å². The van der Waals surface area contributed by atoms with Crippen LogP contribution in [0.1, 0.15) is 61.0 Å². The number of carbonyl (C=O) groups excluding carboxylic acids is 2. The van der Waals surface area contributed by atoms with Gasteiger partial charge in [0.05, 0.1) is 19.6 Å². The molecule has 0 unspecified atom stereocenters. The van der Waals surface area contributed by atoms with E-state index in [-0.39, 0.29) is 23.7 Å². The normalized spacial score (nSPS) is 15.4. The largest absolute Gasteiger partial charge is 0.496 e.